The third-order valence-corrected chi connectivity index (χ3v) is 3.53. The minimum absolute atomic E-state index is 0.0803. The van der Waals surface area contributed by atoms with Gasteiger partial charge in [0.1, 0.15) is 5.75 Å². The number of aromatic carboxylic acids is 1. The molecular weight excluding hydrogens is 292 g/mol. The molecule has 1 aromatic carbocycles. The standard InChI is InChI=1S/C18H22N2O3/c1-2-3-4-5-6-11-23-16-9-7-14(8-10-16)17-19-12-15(13-20-17)18(21)22/h7-10,12-13H,2-6,11H2,1H3,(H,21,22). The minimum Gasteiger partial charge on any atom is -0.494 e. The van der Waals surface area contributed by atoms with Crippen LogP contribution >= 0.6 is 0 Å². The first-order valence-corrected chi connectivity index (χ1v) is 7.99. The SMILES string of the molecule is CCCCCCCOc1ccc(-c2ncc(C(=O)O)cn2)cc1. The van der Waals surface area contributed by atoms with Crippen LogP contribution in [0.15, 0.2) is 36.7 Å². The van der Waals surface area contributed by atoms with Gasteiger partial charge in [-0.05, 0) is 30.7 Å². The van der Waals surface area contributed by atoms with E-state index in [4.69, 9.17) is 9.84 Å². The van der Waals surface area contributed by atoms with E-state index in [1.54, 1.807) is 0 Å². The first-order chi connectivity index (χ1) is 11.2. The second kappa shape index (κ2) is 8.88. The van der Waals surface area contributed by atoms with E-state index in [-0.39, 0.29) is 5.56 Å². The molecule has 0 aliphatic carbocycles. The maximum Gasteiger partial charge on any atom is 0.338 e. The molecular formula is C18H22N2O3. The average molecular weight is 314 g/mol. The lowest BCUT2D eigenvalue weighted by Crippen LogP contribution is -2.00. The van der Waals surface area contributed by atoms with Gasteiger partial charge in [0.25, 0.3) is 0 Å². The van der Waals surface area contributed by atoms with Crippen molar-refractivity contribution in [2.24, 2.45) is 0 Å². The van der Waals surface area contributed by atoms with Gasteiger partial charge < -0.3 is 9.84 Å². The number of hydrogen-bond donors (Lipinski definition) is 1. The normalized spacial score (nSPS) is 10.5. The molecule has 5 nitrogen and oxygen atoms in total. The summed E-state index contributed by atoms with van der Waals surface area (Å²) in [7, 11) is 0. The van der Waals surface area contributed by atoms with E-state index in [1.807, 2.05) is 24.3 Å². The molecule has 0 unspecified atom stereocenters. The molecule has 23 heavy (non-hydrogen) atoms. The van der Waals surface area contributed by atoms with Gasteiger partial charge in [-0.1, -0.05) is 32.6 Å². The van der Waals surface area contributed by atoms with Crippen molar-refractivity contribution in [1.82, 2.24) is 9.97 Å². The Morgan fingerprint density at radius 2 is 1.70 bits per heavy atom. The molecule has 0 bridgehead atoms. The predicted molar refractivity (Wildman–Crippen MR) is 88.7 cm³/mol. The molecule has 0 amide bonds. The van der Waals surface area contributed by atoms with Crippen molar-refractivity contribution in [2.75, 3.05) is 6.61 Å². The fraction of sp³-hybridized carbons (Fsp3) is 0.389. The maximum absolute atomic E-state index is 10.8. The van der Waals surface area contributed by atoms with Gasteiger partial charge in [0.2, 0.25) is 0 Å². The molecule has 1 N–H and O–H groups in total. The van der Waals surface area contributed by atoms with E-state index < -0.39 is 5.97 Å². The zero-order chi connectivity index (χ0) is 16.5. The molecule has 1 heterocycles. The molecule has 0 atom stereocenters. The van der Waals surface area contributed by atoms with Crippen LogP contribution in [0, 0.1) is 0 Å². The Bertz CT molecular complexity index is 609. The van der Waals surface area contributed by atoms with Crippen LogP contribution in [0.4, 0.5) is 0 Å². The average Bonchev–Trinajstić information content (AvgIpc) is 2.58. The number of hydrogen-bond acceptors (Lipinski definition) is 4. The first kappa shape index (κ1) is 16.9. The van der Waals surface area contributed by atoms with Crippen LogP contribution in [0.1, 0.15) is 49.4 Å². The summed E-state index contributed by atoms with van der Waals surface area (Å²) in [6.45, 7) is 2.93. The Morgan fingerprint density at radius 3 is 2.30 bits per heavy atom. The van der Waals surface area contributed by atoms with Gasteiger partial charge in [-0.15, -0.1) is 0 Å². The van der Waals surface area contributed by atoms with Crippen LogP contribution in [0.3, 0.4) is 0 Å². The molecule has 0 spiro atoms. The van der Waals surface area contributed by atoms with Crippen molar-refractivity contribution in [2.45, 2.75) is 39.0 Å². The highest BCUT2D eigenvalue weighted by molar-refractivity contribution is 5.86. The number of ether oxygens (including phenoxy) is 1. The second-order valence-electron chi connectivity index (χ2n) is 5.39. The number of carboxylic acids is 1. The second-order valence-corrected chi connectivity index (χ2v) is 5.39. The van der Waals surface area contributed by atoms with Crippen LogP contribution < -0.4 is 4.74 Å². The number of aromatic nitrogens is 2. The highest BCUT2D eigenvalue weighted by Gasteiger charge is 2.06. The fourth-order valence-corrected chi connectivity index (χ4v) is 2.18. The molecule has 2 aromatic rings. The molecule has 0 aliphatic heterocycles. The molecule has 1 aromatic heterocycles. The summed E-state index contributed by atoms with van der Waals surface area (Å²) < 4.78 is 5.71. The number of nitrogens with zero attached hydrogens (tertiary/aromatic N) is 2. The summed E-state index contributed by atoms with van der Waals surface area (Å²) in [4.78, 5) is 18.9. The third-order valence-electron chi connectivity index (χ3n) is 3.53. The lowest BCUT2D eigenvalue weighted by molar-refractivity contribution is 0.0696. The highest BCUT2D eigenvalue weighted by Crippen LogP contribution is 2.19. The Balaban J connectivity index is 1.85. The van der Waals surface area contributed by atoms with Gasteiger partial charge in [-0.25, -0.2) is 14.8 Å². The summed E-state index contributed by atoms with van der Waals surface area (Å²) in [5, 5.41) is 8.84. The topological polar surface area (TPSA) is 72.3 Å². The first-order valence-electron chi connectivity index (χ1n) is 7.99. The van der Waals surface area contributed by atoms with Gasteiger partial charge >= 0.3 is 5.97 Å². The monoisotopic (exact) mass is 314 g/mol. The maximum atomic E-state index is 10.8. The van der Waals surface area contributed by atoms with Gasteiger partial charge in [0.05, 0.1) is 12.2 Å². The van der Waals surface area contributed by atoms with E-state index in [1.165, 1.54) is 38.1 Å². The highest BCUT2D eigenvalue weighted by atomic mass is 16.5. The Hall–Kier alpha value is -2.43. The van der Waals surface area contributed by atoms with Crippen molar-refractivity contribution in [3.8, 4) is 17.1 Å². The van der Waals surface area contributed by atoms with Gasteiger partial charge in [-0.2, -0.15) is 0 Å². The van der Waals surface area contributed by atoms with E-state index in [2.05, 4.69) is 16.9 Å². The number of carbonyl (C=O) groups is 1. The van der Waals surface area contributed by atoms with Crippen LogP contribution in [-0.4, -0.2) is 27.7 Å². The summed E-state index contributed by atoms with van der Waals surface area (Å²) >= 11 is 0. The van der Waals surface area contributed by atoms with Crippen LogP contribution in [0.5, 0.6) is 5.75 Å². The minimum atomic E-state index is -1.03. The zero-order valence-corrected chi connectivity index (χ0v) is 13.4. The molecule has 122 valence electrons. The van der Waals surface area contributed by atoms with Crippen LogP contribution in [0.2, 0.25) is 0 Å². The fourth-order valence-electron chi connectivity index (χ4n) is 2.18. The van der Waals surface area contributed by atoms with Crippen molar-refractivity contribution in [3.05, 3.63) is 42.2 Å². The zero-order valence-electron chi connectivity index (χ0n) is 13.4. The Labute approximate surface area is 136 Å². The molecule has 0 saturated heterocycles. The van der Waals surface area contributed by atoms with E-state index in [0.29, 0.717) is 5.82 Å². The number of benzene rings is 1. The van der Waals surface area contributed by atoms with Crippen LogP contribution in [-0.2, 0) is 0 Å². The Morgan fingerprint density at radius 1 is 1.04 bits per heavy atom. The molecule has 0 radical (unpaired) electrons. The smallest absolute Gasteiger partial charge is 0.338 e. The number of unbranched alkanes of at least 4 members (excludes halogenated alkanes) is 4. The molecule has 5 heteroatoms. The van der Waals surface area contributed by atoms with Crippen molar-refractivity contribution < 1.29 is 14.6 Å². The van der Waals surface area contributed by atoms with Crippen LogP contribution in [0.25, 0.3) is 11.4 Å². The van der Waals surface area contributed by atoms with E-state index in [0.717, 1.165) is 24.3 Å². The van der Waals surface area contributed by atoms with Gasteiger partial charge in [0.15, 0.2) is 5.82 Å². The summed E-state index contributed by atoms with van der Waals surface area (Å²) in [5.41, 5.74) is 0.911. The van der Waals surface area contributed by atoms with Gasteiger partial charge in [-0.3, -0.25) is 0 Å². The Kier molecular flexibility index (Phi) is 6.54. The number of rotatable bonds is 9. The lowest BCUT2D eigenvalue weighted by atomic mass is 10.2. The third kappa shape index (κ3) is 5.36. The van der Waals surface area contributed by atoms with Crippen molar-refractivity contribution in [1.29, 1.82) is 0 Å². The molecule has 2 rings (SSSR count). The van der Waals surface area contributed by atoms with Crippen molar-refractivity contribution >= 4 is 5.97 Å². The quantitative estimate of drug-likeness (QED) is 0.703. The molecule has 0 saturated carbocycles. The number of carboxylic acid groups (broad SMARTS) is 1. The molecule has 0 fully saturated rings. The lowest BCUT2D eigenvalue weighted by Gasteiger charge is -2.07. The van der Waals surface area contributed by atoms with E-state index in [9.17, 15) is 4.79 Å². The summed E-state index contributed by atoms with van der Waals surface area (Å²) in [5.74, 6) is 0.298. The summed E-state index contributed by atoms with van der Waals surface area (Å²) in [6.07, 6.45) is 8.70. The summed E-state index contributed by atoms with van der Waals surface area (Å²) in [6, 6.07) is 7.52. The molecule has 0 aliphatic rings. The van der Waals surface area contributed by atoms with Crippen molar-refractivity contribution in [3.63, 3.8) is 0 Å². The largest absolute Gasteiger partial charge is 0.494 e. The predicted octanol–water partition coefficient (Wildman–Crippen LogP) is 4.19. The van der Waals surface area contributed by atoms with E-state index >= 15 is 0 Å². The van der Waals surface area contributed by atoms with Gasteiger partial charge in [0, 0.05) is 18.0 Å².